The minimum atomic E-state index is 0.736. The molecule has 0 bridgehead atoms. The van der Waals surface area contributed by atoms with Crippen molar-refractivity contribution in [1.82, 2.24) is 15.1 Å². The highest BCUT2D eigenvalue weighted by Crippen LogP contribution is 2.23. The second-order valence-corrected chi connectivity index (χ2v) is 5.25. The summed E-state index contributed by atoms with van der Waals surface area (Å²) in [7, 11) is 0. The molecule has 0 atom stereocenters. The first-order valence-electron chi connectivity index (χ1n) is 5.72. The molecule has 0 aliphatic heterocycles. The number of fused-ring (bicyclic) bond motifs is 1. The van der Waals surface area contributed by atoms with Crippen LogP contribution in [0.15, 0.2) is 33.9 Å². The van der Waals surface area contributed by atoms with E-state index in [-0.39, 0.29) is 0 Å². The Morgan fingerprint density at radius 1 is 1.28 bits per heavy atom. The molecule has 0 unspecified atom stereocenters. The highest BCUT2D eigenvalue weighted by molar-refractivity contribution is 7.98. The SMILES string of the molecule is Cc1ccc2nc(SCc3cc(C)no3)[nH]c2c1. The third kappa shape index (κ3) is 2.26. The van der Waals surface area contributed by atoms with Gasteiger partial charge in [-0.1, -0.05) is 23.0 Å². The van der Waals surface area contributed by atoms with E-state index in [1.165, 1.54) is 5.56 Å². The number of aromatic amines is 1. The third-order valence-electron chi connectivity index (χ3n) is 2.64. The van der Waals surface area contributed by atoms with Crippen LogP contribution in [0.5, 0.6) is 0 Å². The van der Waals surface area contributed by atoms with Crippen molar-refractivity contribution >= 4 is 22.8 Å². The number of hydrogen-bond donors (Lipinski definition) is 1. The molecule has 0 fully saturated rings. The number of imidazole rings is 1. The molecular formula is C13H13N3OS. The van der Waals surface area contributed by atoms with E-state index in [9.17, 15) is 0 Å². The second-order valence-electron chi connectivity index (χ2n) is 4.29. The summed E-state index contributed by atoms with van der Waals surface area (Å²) in [5.74, 6) is 1.61. The molecule has 0 spiro atoms. The maximum absolute atomic E-state index is 5.17. The number of benzene rings is 1. The maximum atomic E-state index is 5.17. The van der Waals surface area contributed by atoms with Crippen LogP contribution in [0.3, 0.4) is 0 Å². The number of H-pyrrole nitrogens is 1. The molecule has 0 saturated heterocycles. The van der Waals surface area contributed by atoms with Crippen LogP contribution in [0.2, 0.25) is 0 Å². The average molecular weight is 259 g/mol. The van der Waals surface area contributed by atoms with E-state index < -0.39 is 0 Å². The molecule has 2 heterocycles. The van der Waals surface area contributed by atoms with Crippen LogP contribution in [-0.4, -0.2) is 15.1 Å². The van der Waals surface area contributed by atoms with Crippen molar-refractivity contribution in [2.75, 3.05) is 0 Å². The molecule has 3 aromatic rings. The van der Waals surface area contributed by atoms with Crippen LogP contribution in [0.1, 0.15) is 17.0 Å². The Morgan fingerprint density at radius 2 is 2.17 bits per heavy atom. The Balaban J connectivity index is 1.78. The molecule has 0 amide bonds. The lowest BCUT2D eigenvalue weighted by molar-refractivity contribution is 0.391. The van der Waals surface area contributed by atoms with Gasteiger partial charge in [-0.25, -0.2) is 4.98 Å². The number of aromatic nitrogens is 3. The van der Waals surface area contributed by atoms with Gasteiger partial charge in [0, 0.05) is 6.07 Å². The summed E-state index contributed by atoms with van der Waals surface area (Å²) in [6, 6.07) is 8.14. The zero-order chi connectivity index (χ0) is 12.5. The van der Waals surface area contributed by atoms with Gasteiger partial charge in [-0.15, -0.1) is 0 Å². The molecule has 0 radical (unpaired) electrons. The molecule has 92 valence electrons. The van der Waals surface area contributed by atoms with Crippen molar-refractivity contribution in [1.29, 1.82) is 0 Å². The molecule has 1 N–H and O–H groups in total. The largest absolute Gasteiger partial charge is 0.360 e. The van der Waals surface area contributed by atoms with Gasteiger partial charge in [0.15, 0.2) is 5.16 Å². The van der Waals surface area contributed by atoms with E-state index >= 15 is 0 Å². The Kier molecular flexibility index (Phi) is 2.83. The van der Waals surface area contributed by atoms with E-state index in [0.717, 1.165) is 33.4 Å². The summed E-state index contributed by atoms with van der Waals surface area (Å²) in [5, 5.41) is 4.77. The average Bonchev–Trinajstić information content (AvgIpc) is 2.92. The first kappa shape index (κ1) is 11.3. The van der Waals surface area contributed by atoms with Gasteiger partial charge in [-0.2, -0.15) is 0 Å². The molecule has 4 nitrogen and oxygen atoms in total. The maximum Gasteiger partial charge on any atom is 0.166 e. The van der Waals surface area contributed by atoms with Gasteiger partial charge in [0.25, 0.3) is 0 Å². The molecule has 0 saturated carbocycles. The van der Waals surface area contributed by atoms with E-state index in [1.54, 1.807) is 11.8 Å². The number of thioether (sulfide) groups is 1. The minimum absolute atomic E-state index is 0.736. The van der Waals surface area contributed by atoms with Crippen LogP contribution < -0.4 is 0 Å². The third-order valence-corrected chi connectivity index (χ3v) is 3.54. The molecule has 1 aromatic carbocycles. The predicted octanol–water partition coefficient (Wildman–Crippen LogP) is 3.46. The quantitative estimate of drug-likeness (QED) is 0.732. The van der Waals surface area contributed by atoms with Gasteiger partial charge in [0.1, 0.15) is 5.76 Å². The van der Waals surface area contributed by atoms with Crippen molar-refractivity contribution in [3.63, 3.8) is 0 Å². The van der Waals surface area contributed by atoms with Gasteiger partial charge in [0.2, 0.25) is 0 Å². The molecule has 5 heteroatoms. The Morgan fingerprint density at radius 3 is 2.94 bits per heavy atom. The summed E-state index contributed by atoms with van der Waals surface area (Å²) in [4.78, 5) is 7.82. The van der Waals surface area contributed by atoms with Crippen LogP contribution in [0, 0.1) is 13.8 Å². The molecule has 0 aliphatic rings. The smallest absolute Gasteiger partial charge is 0.166 e. The zero-order valence-corrected chi connectivity index (χ0v) is 11.0. The number of hydrogen-bond acceptors (Lipinski definition) is 4. The number of aryl methyl sites for hydroxylation is 2. The summed E-state index contributed by atoms with van der Waals surface area (Å²) in [6.07, 6.45) is 0. The van der Waals surface area contributed by atoms with Crippen LogP contribution in [0.25, 0.3) is 11.0 Å². The first-order chi connectivity index (χ1) is 8.70. The number of nitrogens with one attached hydrogen (secondary N) is 1. The molecule has 0 aliphatic carbocycles. The van der Waals surface area contributed by atoms with Gasteiger partial charge in [0.05, 0.1) is 22.5 Å². The second kappa shape index (κ2) is 4.49. The van der Waals surface area contributed by atoms with Gasteiger partial charge in [-0.05, 0) is 31.5 Å². The Labute approximate surface area is 109 Å². The highest BCUT2D eigenvalue weighted by atomic mass is 32.2. The topological polar surface area (TPSA) is 54.7 Å². The predicted molar refractivity (Wildman–Crippen MR) is 71.6 cm³/mol. The summed E-state index contributed by atoms with van der Waals surface area (Å²) in [5.41, 5.74) is 4.21. The highest BCUT2D eigenvalue weighted by Gasteiger charge is 2.06. The van der Waals surface area contributed by atoms with E-state index in [1.807, 2.05) is 19.1 Å². The van der Waals surface area contributed by atoms with Crippen molar-refractivity contribution in [2.45, 2.75) is 24.8 Å². The van der Waals surface area contributed by atoms with E-state index in [4.69, 9.17) is 4.52 Å². The lowest BCUT2D eigenvalue weighted by atomic mass is 10.2. The van der Waals surface area contributed by atoms with Gasteiger partial charge in [-0.3, -0.25) is 0 Å². The monoisotopic (exact) mass is 259 g/mol. The molecule has 3 rings (SSSR count). The van der Waals surface area contributed by atoms with Crippen molar-refractivity contribution < 1.29 is 4.52 Å². The van der Waals surface area contributed by atoms with Gasteiger partial charge < -0.3 is 9.51 Å². The van der Waals surface area contributed by atoms with Gasteiger partial charge >= 0.3 is 0 Å². The van der Waals surface area contributed by atoms with E-state index in [2.05, 4.69) is 34.2 Å². The number of rotatable bonds is 3. The molecule has 18 heavy (non-hydrogen) atoms. The minimum Gasteiger partial charge on any atom is -0.360 e. The number of nitrogens with zero attached hydrogens (tertiary/aromatic N) is 2. The molecule has 2 aromatic heterocycles. The fourth-order valence-electron chi connectivity index (χ4n) is 1.79. The summed E-state index contributed by atoms with van der Waals surface area (Å²) in [6.45, 7) is 3.99. The fraction of sp³-hybridized carbons (Fsp3) is 0.231. The summed E-state index contributed by atoms with van der Waals surface area (Å²) >= 11 is 1.62. The van der Waals surface area contributed by atoms with Crippen molar-refractivity contribution in [3.8, 4) is 0 Å². The standard InChI is InChI=1S/C13H13N3OS/c1-8-3-4-11-12(5-8)15-13(14-11)18-7-10-6-9(2)16-17-10/h3-6H,7H2,1-2H3,(H,14,15). The Hall–Kier alpha value is -1.75. The lowest BCUT2D eigenvalue weighted by Crippen LogP contribution is -1.78. The fourth-order valence-corrected chi connectivity index (χ4v) is 2.55. The van der Waals surface area contributed by atoms with Crippen LogP contribution >= 0.6 is 11.8 Å². The van der Waals surface area contributed by atoms with Crippen LogP contribution in [-0.2, 0) is 5.75 Å². The first-order valence-corrected chi connectivity index (χ1v) is 6.70. The lowest BCUT2D eigenvalue weighted by Gasteiger charge is -1.91. The normalized spacial score (nSPS) is 11.2. The van der Waals surface area contributed by atoms with Crippen molar-refractivity contribution in [3.05, 3.63) is 41.3 Å². The zero-order valence-electron chi connectivity index (χ0n) is 10.2. The van der Waals surface area contributed by atoms with E-state index in [0.29, 0.717) is 0 Å². The Bertz CT molecular complexity index is 686. The molecular weight excluding hydrogens is 246 g/mol. The van der Waals surface area contributed by atoms with Crippen LogP contribution in [0.4, 0.5) is 0 Å². The van der Waals surface area contributed by atoms with Crippen molar-refractivity contribution in [2.24, 2.45) is 0 Å². The summed E-state index contributed by atoms with van der Waals surface area (Å²) < 4.78 is 5.17.